The Kier molecular flexibility index (Phi) is 4.34. The van der Waals surface area contributed by atoms with Gasteiger partial charge in [0.15, 0.2) is 0 Å². The van der Waals surface area contributed by atoms with Gasteiger partial charge in [-0.1, -0.05) is 42.5 Å². The number of hydrogen-bond donors (Lipinski definition) is 0. The number of aromatic nitrogens is 2. The summed E-state index contributed by atoms with van der Waals surface area (Å²) < 4.78 is 2.00. The van der Waals surface area contributed by atoms with Crippen LogP contribution in [0.25, 0.3) is 0 Å². The first-order valence-corrected chi connectivity index (χ1v) is 8.68. The summed E-state index contributed by atoms with van der Waals surface area (Å²) in [5.74, 6) is 0.574. The zero-order valence-corrected chi connectivity index (χ0v) is 14.1. The first-order chi connectivity index (χ1) is 12.3. The Balaban J connectivity index is 1.46. The van der Waals surface area contributed by atoms with E-state index in [1.165, 1.54) is 5.56 Å². The third-order valence-corrected chi connectivity index (χ3v) is 4.84. The SMILES string of the molecule is O=C(c1cccc(Cn2ccnc2)c1)N1CCC(c2ccccc2)C1. The van der Waals surface area contributed by atoms with Crippen molar-refractivity contribution in [1.29, 1.82) is 0 Å². The quantitative estimate of drug-likeness (QED) is 0.733. The van der Waals surface area contributed by atoms with Gasteiger partial charge in [-0.25, -0.2) is 4.98 Å². The van der Waals surface area contributed by atoms with Gasteiger partial charge in [0, 0.05) is 43.5 Å². The predicted molar refractivity (Wildman–Crippen MR) is 97.5 cm³/mol. The highest BCUT2D eigenvalue weighted by Gasteiger charge is 2.27. The molecule has 126 valence electrons. The average Bonchev–Trinajstić information content (AvgIpc) is 3.34. The van der Waals surface area contributed by atoms with Crippen molar-refractivity contribution in [3.63, 3.8) is 0 Å². The van der Waals surface area contributed by atoms with Gasteiger partial charge in [0.2, 0.25) is 0 Å². The molecular weight excluding hydrogens is 310 g/mol. The number of imidazole rings is 1. The number of hydrogen-bond acceptors (Lipinski definition) is 2. The highest BCUT2D eigenvalue weighted by atomic mass is 16.2. The lowest BCUT2D eigenvalue weighted by molar-refractivity contribution is 0.0790. The van der Waals surface area contributed by atoms with E-state index in [0.717, 1.165) is 37.2 Å². The fraction of sp³-hybridized carbons (Fsp3) is 0.238. The molecule has 0 saturated carbocycles. The molecule has 1 aliphatic heterocycles. The molecule has 25 heavy (non-hydrogen) atoms. The van der Waals surface area contributed by atoms with Crippen molar-refractivity contribution in [2.45, 2.75) is 18.9 Å². The Bertz CT molecular complexity index is 843. The molecule has 0 spiro atoms. The number of rotatable bonds is 4. The number of amides is 1. The van der Waals surface area contributed by atoms with Gasteiger partial charge in [-0.15, -0.1) is 0 Å². The van der Waals surface area contributed by atoms with Crippen LogP contribution in [0.4, 0.5) is 0 Å². The average molecular weight is 331 g/mol. The van der Waals surface area contributed by atoms with Crippen molar-refractivity contribution in [3.05, 3.63) is 90.0 Å². The van der Waals surface area contributed by atoms with Gasteiger partial charge in [-0.3, -0.25) is 4.79 Å². The van der Waals surface area contributed by atoms with Crippen LogP contribution in [-0.4, -0.2) is 33.4 Å². The molecule has 4 nitrogen and oxygen atoms in total. The van der Waals surface area contributed by atoms with Gasteiger partial charge in [-0.05, 0) is 29.7 Å². The van der Waals surface area contributed by atoms with Crippen LogP contribution < -0.4 is 0 Å². The zero-order chi connectivity index (χ0) is 17.1. The van der Waals surface area contributed by atoms with Crippen molar-refractivity contribution >= 4 is 5.91 Å². The monoisotopic (exact) mass is 331 g/mol. The maximum Gasteiger partial charge on any atom is 0.253 e. The standard InChI is InChI=1S/C21H21N3O/c25-21(24-11-9-20(15-24)18-6-2-1-3-7-18)19-8-4-5-17(13-19)14-23-12-10-22-16-23/h1-8,10,12-13,16,20H,9,11,14-15H2. The number of likely N-dealkylation sites (tertiary alicyclic amines) is 1. The Morgan fingerprint density at radius 3 is 2.80 bits per heavy atom. The summed E-state index contributed by atoms with van der Waals surface area (Å²) >= 11 is 0. The predicted octanol–water partition coefficient (Wildman–Crippen LogP) is 3.56. The van der Waals surface area contributed by atoms with E-state index >= 15 is 0 Å². The Hall–Kier alpha value is -2.88. The molecule has 4 heteroatoms. The molecule has 0 N–H and O–H groups in total. The minimum Gasteiger partial charge on any atom is -0.338 e. The van der Waals surface area contributed by atoms with Crippen LogP contribution in [0.3, 0.4) is 0 Å². The largest absolute Gasteiger partial charge is 0.338 e. The van der Waals surface area contributed by atoms with E-state index in [2.05, 4.69) is 29.2 Å². The first-order valence-electron chi connectivity index (χ1n) is 8.68. The summed E-state index contributed by atoms with van der Waals surface area (Å²) in [6.07, 6.45) is 6.52. The Labute approximate surface area is 147 Å². The number of benzene rings is 2. The Morgan fingerprint density at radius 2 is 2.00 bits per heavy atom. The summed E-state index contributed by atoms with van der Waals surface area (Å²) in [4.78, 5) is 18.9. The van der Waals surface area contributed by atoms with Crippen LogP contribution in [0.15, 0.2) is 73.3 Å². The molecular formula is C21H21N3O. The van der Waals surface area contributed by atoms with Gasteiger partial charge >= 0.3 is 0 Å². The van der Waals surface area contributed by atoms with Gasteiger partial charge in [-0.2, -0.15) is 0 Å². The lowest BCUT2D eigenvalue weighted by Gasteiger charge is -2.17. The minimum atomic E-state index is 0.130. The molecule has 1 atom stereocenters. The summed E-state index contributed by atoms with van der Waals surface area (Å²) in [5, 5.41) is 0. The molecule has 4 rings (SSSR count). The number of carbonyl (C=O) groups is 1. The highest BCUT2D eigenvalue weighted by molar-refractivity contribution is 5.94. The summed E-state index contributed by atoms with van der Waals surface area (Å²) in [5.41, 5.74) is 3.21. The fourth-order valence-electron chi connectivity index (χ4n) is 3.52. The van der Waals surface area contributed by atoms with Gasteiger partial charge in [0.25, 0.3) is 5.91 Å². The molecule has 2 heterocycles. The second-order valence-electron chi connectivity index (χ2n) is 6.58. The summed E-state index contributed by atoms with van der Waals surface area (Å²) in [6.45, 7) is 2.35. The molecule has 2 aromatic carbocycles. The van der Waals surface area contributed by atoms with Crippen molar-refractivity contribution in [1.82, 2.24) is 14.5 Å². The third kappa shape index (κ3) is 3.48. The molecule has 1 aromatic heterocycles. The van der Waals surface area contributed by atoms with E-state index in [4.69, 9.17) is 0 Å². The molecule has 0 bridgehead atoms. The van der Waals surface area contributed by atoms with Gasteiger partial charge in [0.05, 0.1) is 6.33 Å². The molecule has 1 saturated heterocycles. The molecule has 1 aliphatic rings. The molecule has 1 amide bonds. The molecule has 3 aromatic rings. The molecule has 0 radical (unpaired) electrons. The van der Waals surface area contributed by atoms with Crippen LogP contribution in [0.5, 0.6) is 0 Å². The van der Waals surface area contributed by atoms with Crippen LogP contribution in [0.1, 0.15) is 33.8 Å². The fourth-order valence-corrected chi connectivity index (χ4v) is 3.52. The summed E-state index contributed by atoms with van der Waals surface area (Å²) in [6, 6.07) is 18.4. The van der Waals surface area contributed by atoms with Crippen molar-refractivity contribution in [2.24, 2.45) is 0 Å². The van der Waals surface area contributed by atoms with E-state index in [1.807, 2.05) is 46.0 Å². The van der Waals surface area contributed by atoms with E-state index < -0.39 is 0 Å². The maximum absolute atomic E-state index is 12.9. The minimum absolute atomic E-state index is 0.130. The van der Waals surface area contributed by atoms with Crippen molar-refractivity contribution in [3.8, 4) is 0 Å². The van der Waals surface area contributed by atoms with Crippen LogP contribution in [-0.2, 0) is 6.54 Å². The second kappa shape index (κ2) is 6.93. The normalized spacial score (nSPS) is 17.0. The van der Waals surface area contributed by atoms with Crippen LogP contribution >= 0.6 is 0 Å². The van der Waals surface area contributed by atoms with Crippen molar-refractivity contribution in [2.75, 3.05) is 13.1 Å². The van der Waals surface area contributed by atoms with Crippen molar-refractivity contribution < 1.29 is 4.79 Å². The summed E-state index contributed by atoms with van der Waals surface area (Å²) in [7, 11) is 0. The lowest BCUT2D eigenvalue weighted by atomic mass is 9.99. The first kappa shape index (κ1) is 15.6. The number of nitrogens with zero attached hydrogens (tertiary/aromatic N) is 3. The van der Waals surface area contributed by atoms with Crippen LogP contribution in [0.2, 0.25) is 0 Å². The second-order valence-corrected chi connectivity index (χ2v) is 6.58. The van der Waals surface area contributed by atoms with E-state index in [-0.39, 0.29) is 5.91 Å². The van der Waals surface area contributed by atoms with Gasteiger partial charge < -0.3 is 9.47 Å². The maximum atomic E-state index is 12.9. The smallest absolute Gasteiger partial charge is 0.253 e. The van der Waals surface area contributed by atoms with Gasteiger partial charge in [0.1, 0.15) is 0 Å². The van der Waals surface area contributed by atoms with E-state index in [0.29, 0.717) is 5.92 Å². The number of carbonyl (C=O) groups excluding carboxylic acids is 1. The molecule has 0 aliphatic carbocycles. The Morgan fingerprint density at radius 1 is 1.12 bits per heavy atom. The van der Waals surface area contributed by atoms with E-state index in [1.54, 1.807) is 12.5 Å². The molecule has 1 unspecified atom stereocenters. The topological polar surface area (TPSA) is 38.1 Å². The third-order valence-electron chi connectivity index (χ3n) is 4.84. The van der Waals surface area contributed by atoms with E-state index in [9.17, 15) is 4.79 Å². The molecule has 1 fully saturated rings. The highest BCUT2D eigenvalue weighted by Crippen LogP contribution is 2.28. The lowest BCUT2D eigenvalue weighted by Crippen LogP contribution is -2.28. The zero-order valence-electron chi connectivity index (χ0n) is 14.1. The van der Waals surface area contributed by atoms with Crippen LogP contribution in [0, 0.1) is 0 Å².